The largest absolute Gasteiger partial charge is 0.434 e. The third kappa shape index (κ3) is 4.89. The lowest BCUT2D eigenvalue weighted by Crippen LogP contribution is -2.32. The highest BCUT2D eigenvalue weighted by Gasteiger charge is 2.41. The van der Waals surface area contributed by atoms with Crippen molar-refractivity contribution in [1.29, 1.82) is 0 Å². The van der Waals surface area contributed by atoms with Crippen molar-refractivity contribution in [3.63, 3.8) is 0 Å². The first-order valence-electron chi connectivity index (χ1n) is 10.4. The Labute approximate surface area is 186 Å². The summed E-state index contributed by atoms with van der Waals surface area (Å²) in [6.45, 7) is 0. The molecule has 33 heavy (non-hydrogen) atoms. The smallest absolute Gasteiger partial charge is 0.349 e. The quantitative estimate of drug-likeness (QED) is 0.529. The number of hydrogen-bond donors (Lipinski definition) is 2. The van der Waals surface area contributed by atoms with Gasteiger partial charge in [-0.15, -0.1) is 0 Å². The maximum atomic E-state index is 14.1. The van der Waals surface area contributed by atoms with E-state index in [2.05, 4.69) is 15.7 Å². The van der Waals surface area contributed by atoms with Crippen molar-refractivity contribution in [2.45, 2.75) is 37.9 Å². The van der Waals surface area contributed by atoms with Crippen molar-refractivity contribution in [3.8, 4) is 5.69 Å². The molecule has 1 aliphatic carbocycles. The lowest BCUT2D eigenvalue weighted by Gasteiger charge is -2.14. The number of nitrogens with one attached hydrogen (secondary N) is 2. The number of alkyl halides is 3. The molecule has 0 aliphatic heterocycles. The molecule has 0 atom stereocenters. The minimum Gasteiger partial charge on any atom is -0.349 e. The van der Waals surface area contributed by atoms with Gasteiger partial charge in [-0.2, -0.15) is 18.3 Å². The molecule has 2 N–H and O–H groups in total. The standard InChI is InChI=1S/C23H20F4N4O2/c24-18-7-3-4-8-19(18)31-20(23(25,26)27)17(13-28-31)22(33)30-16-11-9-14(10-12-16)21(32)29-15-5-1-2-6-15/h3-4,7-13,15H,1-2,5-6H2,(H,29,32)(H,30,33). The summed E-state index contributed by atoms with van der Waals surface area (Å²) in [5.74, 6) is -2.22. The highest BCUT2D eigenvalue weighted by atomic mass is 19.4. The van der Waals surface area contributed by atoms with Crippen LogP contribution < -0.4 is 10.6 Å². The van der Waals surface area contributed by atoms with Crippen LogP contribution in [0.25, 0.3) is 5.69 Å². The van der Waals surface area contributed by atoms with Crippen molar-refractivity contribution in [2.75, 3.05) is 5.32 Å². The molecule has 1 fully saturated rings. The van der Waals surface area contributed by atoms with Gasteiger partial charge in [-0.25, -0.2) is 9.07 Å². The second-order valence-corrected chi connectivity index (χ2v) is 7.75. The topological polar surface area (TPSA) is 76.0 Å². The number of carbonyl (C=O) groups is 2. The van der Waals surface area contributed by atoms with Crippen LogP contribution in [-0.4, -0.2) is 27.6 Å². The number of benzene rings is 2. The number of amides is 2. The predicted molar refractivity (Wildman–Crippen MR) is 113 cm³/mol. The van der Waals surface area contributed by atoms with Crippen LogP contribution in [0.1, 0.15) is 52.1 Å². The van der Waals surface area contributed by atoms with E-state index in [-0.39, 0.29) is 17.6 Å². The molecule has 0 spiro atoms. The molecule has 1 aromatic heterocycles. The molecule has 3 aromatic rings. The lowest BCUT2D eigenvalue weighted by molar-refractivity contribution is -0.143. The fourth-order valence-corrected chi connectivity index (χ4v) is 3.84. The second-order valence-electron chi connectivity index (χ2n) is 7.75. The van der Waals surface area contributed by atoms with Crippen LogP contribution in [-0.2, 0) is 6.18 Å². The Bertz CT molecular complexity index is 1170. The summed E-state index contributed by atoms with van der Waals surface area (Å²) in [7, 11) is 0. The van der Waals surface area contributed by atoms with Crippen LogP contribution in [0.5, 0.6) is 0 Å². The molecule has 1 heterocycles. The predicted octanol–water partition coefficient (Wildman–Crippen LogP) is 4.95. The molecule has 0 unspecified atom stereocenters. The molecule has 6 nitrogen and oxygen atoms in total. The van der Waals surface area contributed by atoms with Gasteiger partial charge in [0.2, 0.25) is 0 Å². The Morgan fingerprint density at radius 1 is 0.970 bits per heavy atom. The van der Waals surface area contributed by atoms with E-state index in [0.717, 1.165) is 44.0 Å². The first-order valence-corrected chi connectivity index (χ1v) is 10.4. The van der Waals surface area contributed by atoms with E-state index >= 15 is 0 Å². The van der Waals surface area contributed by atoms with E-state index in [1.165, 1.54) is 36.4 Å². The molecule has 172 valence electrons. The van der Waals surface area contributed by atoms with E-state index < -0.39 is 34.8 Å². The Morgan fingerprint density at radius 2 is 1.64 bits per heavy atom. The Morgan fingerprint density at radius 3 is 2.27 bits per heavy atom. The van der Waals surface area contributed by atoms with Gasteiger partial charge in [-0.1, -0.05) is 25.0 Å². The number of para-hydroxylation sites is 1. The average molecular weight is 460 g/mol. The molecular formula is C23H20F4N4O2. The highest BCUT2D eigenvalue weighted by molar-refractivity contribution is 6.05. The normalized spacial score (nSPS) is 14.3. The maximum Gasteiger partial charge on any atom is 0.434 e. The van der Waals surface area contributed by atoms with E-state index in [1.807, 2.05) is 0 Å². The van der Waals surface area contributed by atoms with Gasteiger partial charge in [0.1, 0.15) is 11.5 Å². The van der Waals surface area contributed by atoms with Crippen LogP contribution in [0.2, 0.25) is 0 Å². The van der Waals surface area contributed by atoms with Crippen LogP contribution in [0.15, 0.2) is 54.7 Å². The van der Waals surface area contributed by atoms with E-state index in [9.17, 15) is 27.2 Å². The van der Waals surface area contributed by atoms with E-state index in [1.54, 1.807) is 0 Å². The summed E-state index contributed by atoms with van der Waals surface area (Å²) in [4.78, 5) is 24.9. The number of hydrogen-bond acceptors (Lipinski definition) is 3. The van der Waals surface area contributed by atoms with Crippen LogP contribution in [0, 0.1) is 5.82 Å². The van der Waals surface area contributed by atoms with Crippen molar-refractivity contribution < 1.29 is 27.2 Å². The third-order valence-electron chi connectivity index (χ3n) is 5.46. The third-order valence-corrected chi connectivity index (χ3v) is 5.46. The first kappa shape index (κ1) is 22.5. The number of halogens is 4. The van der Waals surface area contributed by atoms with Crippen LogP contribution in [0.3, 0.4) is 0 Å². The molecule has 1 saturated carbocycles. The van der Waals surface area contributed by atoms with Gasteiger partial charge in [0.25, 0.3) is 11.8 Å². The zero-order chi connectivity index (χ0) is 23.6. The summed E-state index contributed by atoms with van der Waals surface area (Å²) >= 11 is 0. The zero-order valence-corrected chi connectivity index (χ0v) is 17.3. The van der Waals surface area contributed by atoms with Gasteiger partial charge in [0, 0.05) is 17.3 Å². The van der Waals surface area contributed by atoms with Crippen LogP contribution in [0.4, 0.5) is 23.2 Å². The van der Waals surface area contributed by atoms with Gasteiger partial charge in [-0.05, 0) is 49.2 Å². The number of nitrogens with zero attached hydrogens (tertiary/aromatic N) is 2. The molecule has 1 aliphatic rings. The van der Waals surface area contributed by atoms with Gasteiger partial charge < -0.3 is 10.6 Å². The molecular weight excluding hydrogens is 440 g/mol. The minimum absolute atomic E-state index is 0.142. The highest BCUT2D eigenvalue weighted by Crippen LogP contribution is 2.34. The van der Waals surface area contributed by atoms with Crippen molar-refractivity contribution in [1.82, 2.24) is 15.1 Å². The van der Waals surface area contributed by atoms with Gasteiger partial charge >= 0.3 is 6.18 Å². The first-order chi connectivity index (χ1) is 15.7. The van der Waals surface area contributed by atoms with Gasteiger partial charge in [0.05, 0.1) is 11.8 Å². The number of aromatic nitrogens is 2. The second kappa shape index (κ2) is 9.05. The van der Waals surface area contributed by atoms with Crippen molar-refractivity contribution in [3.05, 3.63) is 77.4 Å². The summed E-state index contributed by atoms with van der Waals surface area (Å²) in [6, 6.07) is 10.8. The molecule has 4 rings (SSSR count). The van der Waals surface area contributed by atoms with Gasteiger partial charge in [0.15, 0.2) is 5.69 Å². The average Bonchev–Trinajstić information content (AvgIpc) is 3.44. The summed E-state index contributed by atoms with van der Waals surface area (Å²) in [5, 5.41) is 8.91. The Kier molecular flexibility index (Phi) is 6.17. The zero-order valence-electron chi connectivity index (χ0n) is 17.3. The van der Waals surface area contributed by atoms with Crippen LogP contribution >= 0.6 is 0 Å². The monoisotopic (exact) mass is 460 g/mol. The Hall–Kier alpha value is -3.69. The fraction of sp³-hybridized carbons (Fsp3) is 0.261. The lowest BCUT2D eigenvalue weighted by atomic mass is 10.1. The molecule has 0 radical (unpaired) electrons. The summed E-state index contributed by atoms with van der Waals surface area (Å²) < 4.78 is 55.7. The number of anilines is 1. The van der Waals surface area contributed by atoms with Crippen molar-refractivity contribution >= 4 is 17.5 Å². The Balaban J connectivity index is 1.54. The molecule has 10 heteroatoms. The van der Waals surface area contributed by atoms with E-state index in [4.69, 9.17) is 0 Å². The molecule has 2 aromatic carbocycles. The molecule has 0 bridgehead atoms. The number of carbonyl (C=O) groups excluding carboxylic acids is 2. The fourth-order valence-electron chi connectivity index (χ4n) is 3.84. The van der Waals surface area contributed by atoms with E-state index in [0.29, 0.717) is 10.2 Å². The summed E-state index contributed by atoms with van der Waals surface area (Å²) in [5.41, 5.74) is -2.00. The number of rotatable bonds is 5. The molecule has 0 saturated heterocycles. The molecule has 2 amide bonds. The summed E-state index contributed by atoms with van der Waals surface area (Å²) in [6.07, 6.45) is -0.210. The van der Waals surface area contributed by atoms with Crippen molar-refractivity contribution in [2.24, 2.45) is 0 Å². The minimum atomic E-state index is -4.96. The SMILES string of the molecule is O=C(NC1CCCC1)c1ccc(NC(=O)c2cnn(-c3ccccc3F)c2C(F)(F)F)cc1. The maximum absolute atomic E-state index is 14.1. The van der Waals surface area contributed by atoms with Gasteiger partial charge in [-0.3, -0.25) is 9.59 Å².